The molecule has 3 amide bonds. The lowest BCUT2D eigenvalue weighted by atomic mass is 9.83. The molecule has 2 aromatic carbocycles. The van der Waals surface area contributed by atoms with Crippen LogP contribution in [0, 0.1) is 11.8 Å². The van der Waals surface area contributed by atoms with E-state index in [4.69, 9.17) is 5.73 Å². The highest BCUT2D eigenvalue weighted by molar-refractivity contribution is 6.19. The first kappa shape index (κ1) is 28.7. The molecule has 1 aliphatic heterocycles. The highest BCUT2D eigenvalue weighted by Gasteiger charge is 2.40. The summed E-state index contributed by atoms with van der Waals surface area (Å²) in [6.07, 6.45) is -16.2. The second kappa shape index (κ2) is 11.7. The molecule has 0 bridgehead atoms. The zero-order valence-corrected chi connectivity index (χ0v) is 19.8. The molecule has 7 nitrogen and oxygen atoms in total. The molecule has 0 spiro atoms. The van der Waals surface area contributed by atoms with Gasteiger partial charge in [0.2, 0.25) is 18.0 Å². The number of halogens is 6. The van der Waals surface area contributed by atoms with Crippen molar-refractivity contribution in [1.29, 1.82) is 0 Å². The minimum Gasteiger partial charge on any atom is -0.369 e. The number of fused-ring (bicyclic) bond motifs is 1. The number of carbonyl (C=O) groups is 3. The Balaban J connectivity index is 1.96. The number of alkyl halides is 6. The minimum atomic E-state index is -4.76. The van der Waals surface area contributed by atoms with E-state index in [0.29, 0.717) is 16.8 Å². The lowest BCUT2D eigenvalue weighted by molar-refractivity contribution is -0.152. The zero-order chi connectivity index (χ0) is 28.1. The third-order valence-electron chi connectivity index (χ3n) is 5.94. The average Bonchev–Trinajstić information content (AvgIpc) is 2.96. The summed E-state index contributed by atoms with van der Waals surface area (Å²) in [5.41, 5.74) is 6.90. The van der Waals surface area contributed by atoms with Crippen molar-refractivity contribution in [2.24, 2.45) is 22.6 Å². The Kier molecular flexibility index (Phi) is 8.79. The third-order valence-corrected chi connectivity index (χ3v) is 5.94. The van der Waals surface area contributed by atoms with Gasteiger partial charge in [-0.15, -0.1) is 0 Å². The van der Waals surface area contributed by atoms with Crippen molar-refractivity contribution in [3.63, 3.8) is 0 Å². The normalized spacial score (nSPS) is 17.4. The van der Waals surface area contributed by atoms with E-state index in [9.17, 15) is 40.7 Å². The standard InChI is InChI=1S/C25H24F6N4O3/c26-24(27,28)12-10-15(20(32)36)16(11-13-25(29,30)31)22(37)35-21-23(38)33-18-9-5-4-8-17(18)19(34-21)14-6-2-1-3-7-14/h1-9,15-16,21H,10-13H2,(H2,32,36)(H,33,38)(H,35,37). The van der Waals surface area contributed by atoms with Crippen LogP contribution in [0.1, 0.15) is 36.8 Å². The number of anilines is 1. The molecule has 4 N–H and O–H groups in total. The molecule has 1 heterocycles. The number of amides is 3. The van der Waals surface area contributed by atoms with E-state index in [-0.39, 0.29) is 5.71 Å². The molecule has 0 aliphatic carbocycles. The van der Waals surface area contributed by atoms with Gasteiger partial charge in [0.15, 0.2) is 0 Å². The van der Waals surface area contributed by atoms with Gasteiger partial charge in [-0.2, -0.15) is 26.3 Å². The van der Waals surface area contributed by atoms with Crippen LogP contribution in [0.3, 0.4) is 0 Å². The van der Waals surface area contributed by atoms with Gasteiger partial charge in [0.1, 0.15) is 0 Å². The summed E-state index contributed by atoms with van der Waals surface area (Å²) in [5, 5.41) is 4.80. The van der Waals surface area contributed by atoms with Gasteiger partial charge in [0, 0.05) is 35.8 Å². The fraction of sp³-hybridized carbons (Fsp3) is 0.360. The number of hydrogen-bond donors (Lipinski definition) is 3. The molecule has 0 aromatic heterocycles. The molecule has 3 unspecified atom stereocenters. The predicted octanol–water partition coefficient (Wildman–Crippen LogP) is 4.32. The van der Waals surface area contributed by atoms with Crippen LogP contribution < -0.4 is 16.4 Å². The van der Waals surface area contributed by atoms with Gasteiger partial charge >= 0.3 is 12.4 Å². The summed E-state index contributed by atoms with van der Waals surface area (Å²) in [7, 11) is 0. The van der Waals surface area contributed by atoms with Gasteiger partial charge in [0.25, 0.3) is 5.91 Å². The number of nitrogens with zero attached hydrogens (tertiary/aromatic N) is 1. The molecule has 0 saturated heterocycles. The molecule has 2 aromatic rings. The first-order chi connectivity index (χ1) is 17.7. The first-order valence-corrected chi connectivity index (χ1v) is 11.5. The van der Waals surface area contributed by atoms with Crippen molar-refractivity contribution in [2.45, 2.75) is 44.2 Å². The molecular weight excluding hydrogens is 518 g/mol. The van der Waals surface area contributed by atoms with Gasteiger partial charge in [-0.1, -0.05) is 48.5 Å². The Morgan fingerprint density at radius 1 is 0.895 bits per heavy atom. The summed E-state index contributed by atoms with van der Waals surface area (Å²) in [6, 6.07) is 15.1. The number of benzene rings is 2. The summed E-state index contributed by atoms with van der Waals surface area (Å²) < 4.78 is 77.4. The van der Waals surface area contributed by atoms with Crippen LogP contribution >= 0.6 is 0 Å². The molecule has 13 heteroatoms. The van der Waals surface area contributed by atoms with E-state index in [2.05, 4.69) is 15.6 Å². The van der Waals surface area contributed by atoms with Crippen molar-refractivity contribution in [1.82, 2.24) is 5.32 Å². The Bertz CT molecular complexity index is 1200. The highest BCUT2D eigenvalue weighted by atomic mass is 19.4. The van der Waals surface area contributed by atoms with Crippen LogP contribution in [0.15, 0.2) is 59.6 Å². The molecule has 1 aliphatic rings. The maximum Gasteiger partial charge on any atom is 0.389 e. The van der Waals surface area contributed by atoms with E-state index in [1.54, 1.807) is 54.6 Å². The Labute approximate surface area is 213 Å². The number of hydrogen-bond acceptors (Lipinski definition) is 4. The van der Waals surface area contributed by atoms with E-state index >= 15 is 0 Å². The van der Waals surface area contributed by atoms with E-state index in [1.165, 1.54) is 0 Å². The van der Waals surface area contributed by atoms with Crippen LogP contribution in [0.4, 0.5) is 32.0 Å². The maximum atomic E-state index is 13.2. The van der Waals surface area contributed by atoms with E-state index < -0.39 is 73.8 Å². The Morgan fingerprint density at radius 2 is 1.45 bits per heavy atom. The predicted molar refractivity (Wildman–Crippen MR) is 126 cm³/mol. The lowest BCUT2D eigenvalue weighted by Gasteiger charge is -2.26. The number of rotatable bonds is 9. The van der Waals surface area contributed by atoms with Crippen molar-refractivity contribution >= 4 is 29.1 Å². The number of nitrogens with one attached hydrogen (secondary N) is 2. The summed E-state index contributed by atoms with van der Waals surface area (Å²) in [5.74, 6) is -7.18. The van der Waals surface area contributed by atoms with Crippen LogP contribution in [0.2, 0.25) is 0 Å². The van der Waals surface area contributed by atoms with Gasteiger partial charge in [-0.25, -0.2) is 4.99 Å². The molecule has 3 rings (SSSR count). The van der Waals surface area contributed by atoms with Crippen LogP contribution in [-0.2, 0) is 14.4 Å². The molecule has 0 saturated carbocycles. The number of nitrogens with two attached hydrogens (primary N) is 1. The van der Waals surface area contributed by atoms with Crippen molar-refractivity contribution in [3.05, 3.63) is 65.7 Å². The van der Waals surface area contributed by atoms with Crippen molar-refractivity contribution in [3.8, 4) is 0 Å². The maximum absolute atomic E-state index is 13.2. The fourth-order valence-electron chi connectivity index (χ4n) is 4.12. The summed E-state index contributed by atoms with van der Waals surface area (Å²) >= 11 is 0. The Hall–Kier alpha value is -3.90. The van der Waals surface area contributed by atoms with Crippen LogP contribution in [0.25, 0.3) is 0 Å². The fourth-order valence-corrected chi connectivity index (χ4v) is 4.12. The largest absolute Gasteiger partial charge is 0.389 e. The quantitative estimate of drug-likeness (QED) is 0.410. The van der Waals surface area contributed by atoms with Crippen molar-refractivity contribution in [2.75, 3.05) is 5.32 Å². The molecule has 204 valence electrons. The monoisotopic (exact) mass is 542 g/mol. The SMILES string of the molecule is NC(=O)C(CCC(F)(F)F)C(CCC(F)(F)F)C(=O)NC1N=C(c2ccccc2)c2ccccc2NC1=O. The molecule has 0 radical (unpaired) electrons. The van der Waals surface area contributed by atoms with Crippen LogP contribution in [-0.4, -0.2) is 42.0 Å². The third kappa shape index (κ3) is 7.80. The zero-order valence-electron chi connectivity index (χ0n) is 19.8. The number of aliphatic imine (C=N–C) groups is 1. The van der Waals surface area contributed by atoms with Crippen LogP contribution in [0.5, 0.6) is 0 Å². The number of primary amides is 1. The number of benzodiazepines with no additional fused rings is 1. The minimum absolute atomic E-state index is 0.278. The van der Waals surface area contributed by atoms with Gasteiger partial charge in [-0.3, -0.25) is 14.4 Å². The summed E-state index contributed by atoms with van der Waals surface area (Å²) in [4.78, 5) is 42.4. The van der Waals surface area contributed by atoms with E-state index in [1.807, 2.05) is 0 Å². The van der Waals surface area contributed by atoms with Gasteiger partial charge in [-0.05, 0) is 18.9 Å². The number of para-hydroxylation sites is 1. The van der Waals surface area contributed by atoms with Gasteiger partial charge < -0.3 is 16.4 Å². The average molecular weight is 542 g/mol. The number of carbonyl (C=O) groups excluding carboxylic acids is 3. The second-order valence-electron chi connectivity index (χ2n) is 8.71. The van der Waals surface area contributed by atoms with Gasteiger partial charge in [0.05, 0.1) is 11.4 Å². The van der Waals surface area contributed by atoms with E-state index in [0.717, 1.165) is 0 Å². The molecular formula is C25H24F6N4O3. The second-order valence-corrected chi connectivity index (χ2v) is 8.71. The smallest absolute Gasteiger partial charge is 0.369 e. The molecule has 3 atom stereocenters. The topological polar surface area (TPSA) is 114 Å². The molecule has 0 fully saturated rings. The Morgan fingerprint density at radius 3 is 2.03 bits per heavy atom. The first-order valence-electron chi connectivity index (χ1n) is 11.5. The summed E-state index contributed by atoms with van der Waals surface area (Å²) in [6.45, 7) is 0. The molecule has 38 heavy (non-hydrogen) atoms. The van der Waals surface area contributed by atoms with Crippen molar-refractivity contribution < 1.29 is 40.7 Å². The lowest BCUT2D eigenvalue weighted by Crippen LogP contribution is -2.48. The highest BCUT2D eigenvalue weighted by Crippen LogP contribution is 2.33.